The van der Waals surface area contributed by atoms with E-state index in [1.165, 1.54) is 6.07 Å². The summed E-state index contributed by atoms with van der Waals surface area (Å²) < 4.78 is 11.3. The Morgan fingerprint density at radius 1 is 1.36 bits per heavy atom. The van der Waals surface area contributed by atoms with Gasteiger partial charge in [0, 0.05) is 18.0 Å². The van der Waals surface area contributed by atoms with Crippen LogP contribution in [0.25, 0.3) is 0 Å². The average molecular weight is 308 g/mol. The van der Waals surface area contributed by atoms with Crippen molar-refractivity contribution >= 4 is 11.4 Å². The molecule has 1 atom stereocenters. The Morgan fingerprint density at radius 3 is 2.68 bits per heavy atom. The lowest BCUT2D eigenvalue weighted by Gasteiger charge is -2.33. The number of nitro benzene ring substituents is 1. The van der Waals surface area contributed by atoms with Crippen LogP contribution < -0.4 is 5.32 Å². The van der Waals surface area contributed by atoms with E-state index in [1.807, 2.05) is 0 Å². The van der Waals surface area contributed by atoms with Crippen molar-refractivity contribution in [2.75, 3.05) is 25.1 Å². The summed E-state index contributed by atoms with van der Waals surface area (Å²) >= 11 is 0. The highest BCUT2D eigenvalue weighted by molar-refractivity contribution is 5.60. The normalized spacial score (nSPS) is 18.1. The molecule has 1 aliphatic rings. The summed E-state index contributed by atoms with van der Waals surface area (Å²) in [6.07, 6.45) is 2.69. The molecule has 0 aromatic heterocycles. The maximum absolute atomic E-state index is 11.0. The number of hydrogen-bond acceptors (Lipinski definition) is 5. The average Bonchev–Trinajstić information content (AvgIpc) is 3.06. The molecular weight excluding hydrogens is 284 g/mol. The van der Waals surface area contributed by atoms with Gasteiger partial charge in [0.1, 0.15) is 5.69 Å². The van der Waals surface area contributed by atoms with Gasteiger partial charge in [0.05, 0.1) is 18.1 Å². The smallest absolute Gasteiger partial charge is 0.292 e. The minimum atomic E-state index is -0.362. The maximum atomic E-state index is 11.0. The van der Waals surface area contributed by atoms with E-state index in [4.69, 9.17) is 9.47 Å². The van der Waals surface area contributed by atoms with Crippen LogP contribution in [0.15, 0.2) is 24.3 Å². The van der Waals surface area contributed by atoms with E-state index in [1.54, 1.807) is 18.2 Å². The Hall–Kier alpha value is -1.66. The zero-order chi connectivity index (χ0) is 16.0. The summed E-state index contributed by atoms with van der Waals surface area (Å²) in [5, 5.41) is 14.1. The van der Waals surface area contributed by atoms with Crippen molar-refractivity contribution in [3.05, 3.63) is 34.4 Å². The molecular formula is C16H24N2O4. The first-order valence-corrected chi connectivity index (χ1v) is 7.77. The van der Waals surface area contributed by atoms with Gasteiger partial charge in [-0.25, -0.2) is 0 Å². The Labute approximate surface area is 131 Å². The van der Waals surface area contributed by atoms with Crippen LogP contribution in [0.5, 0.6) is 0 Å². The van der Waals surface area contributed by atoms with E-state index in [-0.39, 0.29) is 22.3 Å². The second-order valence-electron chi connectivity index (χ2n) is 5.89. The molecule has 0 spiro atoms. The Balaban J connectivity index is 1.85. The molecule has 1 N–H and O–H groups in total. The predicted octanol–water partition coefficient (Wildman–Crippen LogP) is 3.58. The van der Waals surface area contributed by atoms with Gasteiger partial charge in [-0.1, -0.05) is 26.0 Å². The van der Waals surface area contributed by atoms with Crippen molar-refractivity contribution in [3.63, 3.8) is 0 Å². The molecule has 0 amide bonds. The van der Waals surface area contributed by atoms with Crippen molar-refractivity contribution in [1.29, 1.82) is 0 Å². The van der Waals surface area contributed by atoms with E-state index < -0.39 is 0 Å². The van der Waals surface area contributed by atoms with E-state index >= 15 is 0 Å². The molecule has 1 aliphatic heterocycles. The van der Waals surface area contributed by atoms with Crippen LogP contribution in [0.3, 0.4) is 0 Å². The number of ether oxygens (including phenoxy) is 2. The van der Waals surface area contributed by atoms with Crippen molar-refractivity contribution in [2.45, 2.75) is 39.4 Å². The number of anilines is 1. The first-order chi connectivity index (χ1) is 10.6. The molecule has 1 heterocycles. The molecule has 6 heteroatoms. The van der Waals surface area contributed by atoms with Crippen LogP contribution in [0.4, 0.5) is 11.4 Å². The fourth-order valence-electron chi connectivity index (χ4n) is 2.72. The minimum absolute atomic E-state index is 0.0131. The monoisotopic (exact) mass is 308 g/mol. The van der Waals surface area contributed by atoms with Crippen LogP contribution in [0, 0.1) is 15.5 Å². The third-order valence-electron chi connectivity index (χ3n) is 4.34. The molecule has 1 aromatic rings. The molecule has 0 bridgehead atoms. The number of nitrogens with zero attached hydrogens (tertiary/aromatic N) is 1. The van der Waals surface area contributed by atoms with E-state index in [0.717, 1.165) is 19.3 Å². The van der Waals surface area contributed by atoms with Gasteiger partial charge in [-0.05, 0) is 25.3 Å². The van der Waals surface area contributed by atoms with Crippen LogP contribution in [-0.4, -0.2) is 31.0 Å². The van der Waals surface area contributed by atoms with Crippen molar-refractivity contribution in [2.24, 2.45) is 5.41 Å². The van der Waals surface area contributed by atoms with Gasteiger partial charge >= 0.3 is 0 Å². The third-order valence-corrected chi connectivity index (χ3v) is 4.34. The summed E-state index contributed by atoms with van der Waals surface area (Å²) in [7, 11) is 0. The highest BCUT2D eigenvalue weighted by Gasteiger charge is 2.36. The molecule has 2 rings (SSSR count). The number of hydrogen-bond donors (Lipinski definition) is 1. The molecule has 22 heavy (non-hydrogen) atoms. The lowest BCUT2D eigenvalue weighted by molar-refractivity contribution is -0.384. The predicted molar refractivity (Wildman–Crippen MR) is 84.9 cm³/mol. The van der Waals surface area contributed by atoms with E-state index in [9.17, 15) is 10.1 Å². The van der Waals surface area contributed by atoms with Crippen molar-refractivity contribution in [3.8, 4) is 0 Å². The summed E-state index contributed by atoms with van der Waals surface area (Å²) in [6, 6.07) is 6.72. The Bertz CT molecular complexity index is 503. The van der Waals surface area contributed by atoms with Gasteiger partial charge in [0.25, 0.3) is 5.69 Å². The standard InChI is InChI=1S/C16H24N2O4/c1-3-16(2,15-21-11-12-22-15)9-6-10-17-13-7-4-5-8-14(13)18(19)20/h4-5,7-8,15,17H,3,6,9-12H2,1-2H3/t16-/m0/s1. The molecule has 1 saturated heterocycles. The summed E-state index contributed by atoms with van der Waals surface area (Å²) in [5.74, 6) is 0. The van der Waals surface area contributed by atoms with Crippen LogP contribution in [-0.2, 0) is 9.47 Å². The van der Waals surface area contributed by atoms with Crippen LogP contribution in [0.1, 0.15) is 33.1 Å². The first kappa shape index (κ1) is 16.7. The second-order valence-corrected chi connectivity index (χ2v) is 5.89. The summed E-state index contributed by atoms with van der Waals surface area (Å²) in [6.45, 7) is 6.32. The lowest BCUT2D eigenvalue weighted by Crippen LogP contribution is -2.33. The molecule has 1 aromatic carbocycles. The van der Waals surface area contributed by atoms with Gasteiger partial charge < -0.3 is 14.8 Å². The number of nitrogens with one attached hydrogen (secondary N) is 1. The molecule has 0 saturated carbocycles. The first-order valence-electron chi connectivity index (χ1n) is 7.77. The SMILES string of the molecule is CC[C@@](C)(CCCNc1ccccc1[N+](=O)[O-])C1OCCO1. The van der Waals surface area contributed by atoms with Crippen molar-refractivity contribution < 1.29 is 14.4 Å². The Kier molecular flexibility index (Phi) is 5.74. The van der Waals surface area contributed by atoms with Crippen LogP contribution >= 0.6 is 0 Å². The molecule has 6 nitrogen and oxygen atoms in total. The molecule has 0 radical (unpaired) electrons. The number of benzene rings is 1. The Morgan fingerprint density at radius 2 is 2.05 bits per heavy atom. The largest absolute Gasteiger partial charge is 0.379 e. The summed E-state index contributed by atoms with van der Waals surface area (Å²) in [4.78, 5) is 10.6. The zero-order valence-corrected chi connectivity index (χ0v) is 13.2. The highest BCUT2D eigenvalue weighted by Crippen LogP contribution is 2.36. The molecule has 122 valence electrons. The van der Waals surface area contributed by atoms with Gasteiger partial charge in [-0.3, -0.25) is 10.1 Å². The van der Waals surface area contributed by atoms with Gasteiger partial charge in [-0.15, -0.1) is 0 Å². The quantitative estimate of drug-likeness (QED) is 0.451. The fraction of sp³-hybridized carbons (Fsp3) is 0.625. The van der Waals surface area contributed by atoms with Gasteiger partial charge in [-0.2, -0.15) is 0 Å². The highest BCUT2D eigenvalue weighted by atomic mass is 16.7. The van der Waals surface area contributed by atoms with Crippen molar-refractivity contribution in [1.82, 2.24) is 0 Å². The second kappa shape index (κ2) is 7.56. The minimum Gasteiger partial charge on any atom is -0.379 e. The summed E-state index contributed by atoms with van der Waals surface area (Å²) in [5.41, 5.74) is 0.670. The van der Waals surface area contributed by atoms with E-state index in [2.05, 4.69) is 19.2 Å². The lowest BCUT2D eigenvalue weighted by atomic mass is 9.82. The number of nitro groups is 1. The number of rotatable bonds is 8. The third kappa shape index (κ3) is 3.96. The van der Waals surface area contributed by atoms with E-state index in [0.29, 0.717) is 25.4 Å². The molecule has 0 unspecified atom stereocenters. The zero-order valence-electron chi connectivity index (χ0n) is 13.2. The number of para-hydroxylation sites is 2. The molecule has 1 fully saturated rings. The van der Waals surface area contributed by atoms with Crippen LogP contribution in [0.2, 0.25) is 0 Å². The topological polar surface area (TPSA) is 73.6 Å². The molecule has 0 aliphatic carbocycles. The van der Waals surface area contributed by atoms with Gasteiger partial charge in [0.15, 0.2) is 6.29 Å². The maximum Gasteiger partial charge on any atom is 0.292 e. The van der Waals surface area contributed by atoms with Gasteiger partial charge in [0.2, 0.25) is 0 Å². The fourth-order valence-corrected chi connectivity index (χ4v) is 2.72.